The summed E-state index contributed by atoms with van der Waals surface area (Å²) in [5.41, 5.74) is 0. The molecular weight excluding hydrogens is 300 g/mol. The number of hydrogen-bond donors (Lipinski definition) is 2. The van der Waals surface area contributed by atoms with Crippen LogP contribution in [-0.2, 0) is 19.1 Å². The highest BCUT2D eigenvalue weighted by Crippen LogP contribution is 2.05. The lowest BCUT2D eigenvalue weighted by Gasteiger charge is -2.11. The summed E-state index contributed by atoms with van der Waals surface area (Å²) in [5, 5.41) is 19.1. The highest BCUT2D eigenvalue weighted by atomic mass is 16.5. The van der Waals surface area contributed by atoms with Crippen LogP contribution < -0.4 is 0 Å². The fourth-order valence-electron chi connectivity index (χ4n) is 1.95. The van der Waals surface area contributed by atoms with E-state index in [0.29, 0.717) is 19.3 Å². The molecule has 0 rings (SSSR count). The van der Waals surface area contributed by atoms with Crippen LogP contribution in [0.2, 0.25) is 0 Å². The molecule has 0 aromatic carbocycles. The Hall–Kier alpha value is -1.14. The molecule has 0 aliphatic heterocycles. The molecule has 0 bridgehead atoms. The van der Waals surface area contributed by atoms with Gasteiger partial charge in [0.05, 0.1) is 12.2 Å². The van der Waals surface area contributed by atoms with Gasteiger partial charge in [-0.1, -0.05) is 39.5 Å². The maximum atomic E-state index is 11.5. The van der Waals surface area contributed by atoms with E-state index >= 15 is 0 Å². The maximum absolute atomic E-state index is 11.5. The Morgan fingerprint density at radius 3 is 1.52 bits per heavy atom. The van der Waals surface area contributed by atoms with Crippen LogP contribution in [0.3, 0.4) is 0 Å². The highest BCUT2D eigenvalue weighted by molar-refractivity contribution is 5.72. The normalized spacial score (nSPS) is 13.4. The van der Waals surface area contributed by atoms with Crippen molar-refractivity contribution in [2.75, 3.05) is 13.2 Å². The van der Waals surface area contributed by atoms with Gasteiger partial charge in [0.2, 0.25) is 0 Å². The second-order valence-corrected chi connectivity index (χ2v) is 5.81. The molecule has 0 aromatic rings. The second kappa shape index (κ2) is 14.5. The summed E-state index contributed by atoms with van der Waals surface area (Å²) in [7, 11) is 0. The Labute approximate surface area is 139 Å². The number of aliphatic hydroxyl groups is 2. The Balaban J connectivity index is 3.61. The first-order chi connectivity index (χ1) is 11.0. The van der Waals surface area contributed by atoms with Crippen LogP contribution in [-0.4, -0.2) is 47.6 Å². The minimum Gasteiger partial charge on any atom is -0.463 e. The van der Waals surface area contributed by atoms with Crippen molar-refractivity contribution in [3.8, 4) is 0 Å². The molecule has 0 aliphatic carbocycles. The van der Waals surface area contributed by atoms with Crippen LogP contribution in [0.25, 0.3) is 0 Å². The van der Waals surface area contributed by atoms with Gasteiger partial charge in [0.1, 0.15) is 13.2 Å². The van der Waals surface area contributed by atoms with E-state index in [4.69, 9.17) is 9.47 Å². The molecule has 0 radical (unpaired) electrons. The minimum absolute atomic E-state index is 0.00685. The highest BCUT2D eigenvalue weighted by Gasteiger charge is 2.11. The molecule has 6 nitrogen and oxygen atoms in total. The zero-order valence-corrected chi connectivity index (χ0v) is 14.5. The number of ether oxygens (including phenoxy) is 2. The molecule has 23 heavy (non-hydrogen) atoms. The first kappa shape index (κ1) is 21.9. The lowest BCUT2D eigenvalue weighted by molar-refractivity contribution is -0.148. The van der Waals surface area contributed by atoms with Gasteiger partial charge < -0.3 is 19.7 Å². The quantitative estimate of drug-likeness (QED) is 0.474. The minimum atomic E-state index is -0.617. The topological polar surface area (TPSA) is 93.1 Å². The second-order valence-electron chi connectivity index (χ2n) is 5.81. The molecule has 2 atom stereocenters. The molecule has 0 fully saturated rings. The van der Waals surface area contributed by atoms with Crippen LogP contribution in [0, 0.1) is 0 Å². The third-order valence-electron chi connectivity index (χ3n) is 3.42. The number of aliphatic hydroxyl groups excluding tert-OH is 2. The predicted octanol–water partition coefficient (Wildman–Crippen LogP) is 2.35. The SMILES string of the molecule is CCCCC(O)COC(=O)CCCC(=O)OCC(O)CCCC. The largest absolute Gasteiger partial charge is 0.463 e. The van der Waals surface area contributed by atoms with Gasteiger partial charge in [0.25, 0.3) is 0 Å². The van der Waals surface area contributed by atoms with Crippen LogP contribution >= 0.6 is 0 Å². The summed E-state index contributed by atoms with van der Waals surface area (Å²) >= 11 is 0. The fraction of sp³-hybridized carbons (Fsp3) is 0.882. The predicted molar refractivity (Wildman–Crippen MR) is 86.8 cm³/mol. The molecule has 2 unspecified atom stereocenters. The maximum Gasteiger partial charge on any atom is 0.305 e. The monoisotopic (exact) mass is 332 g/mol. The number of rotatable bonds is 14. The first-order valence-corrected chi connectivity index (χ1v) is 8.66. The van der Waals surface area contributed by atoms with Crippen molar-refractivity contribution in [1.29, 1.82) is 0 Å². The van der Waals surface area contributed by atoms with E-state index in [0.717, 1.165) is 25.7 Å². The number of esters is 2. The lowest BCUT2D eigenvalue weighted by atomic mass is 10.2. The molecule has 0 saturated heterocycles. The first-order valence-electron chi connectivity index (χ1n) is 8.66. The Kier molecular flexibility index (Phi) is 13.7. The molecule has 0 aliphatic rings. The van der Waals surface area contributed by atoms with Crippen molar-refractivity contribution < 1.29 is 29.3 Å². The smallest absolute Gasteiger partial charge is 0.305 e. The average Bonchev–Trinajstić information content (AvgIpc) is 2.54. The summed E-state index contributed by atoms with van der Waals surface area (Å²) in [5.74, 6) is -0.840. The molecule has 6 heteroatoms. The Morgan fingerprint density at radius 2 is 1.17 bits per heavy atom. The third-order valence-corrected chi connectivity index (χ3v) is 3.42. The van der Waals surface area contributed by atoms with Crippen molar-refractivity contribution in [2.24, 2.45) is 0 Å². The van der Waals surface area contributed by atoms with Crippen molar-refractivity contribution >= 4 is 11.9 Å². The van der Waals surface area contributed by atoms with E-state index < -0.39 is 24.1 Å². The van der Waals surface area contributed by atoms with Gasteiger partial charge in [-0.25, -0.2) is 0 Å². The van der Waals surface area contributed by atoms with Crippen molar-refractivity contribution in [3.63, 3.8) is 0 Å². The number of carbonyl (C=O) groups is 2. The van der Waals surface area contributed by atoms with E-state index in [1.165, 1.54) is 0 Å². The standard InChI is InChI=1S/C17H32O6/c1-3-5-8-14(18)12-22-16(20)10-7-11-17(21)23-13-15(19)9-6-4-2/h14-15,18-19H,3-13H2,1-2H3. The van der Waals surface area contributed by atoms with Crippen LogP contribution in [0.15, 0.2) is 0 Å². The molecule has 0 spiro atoms. The van der Waals surface area contributed by atoms with Crippen LogP contribution in [0.4, 0.5) is 0 Å². The van der Waals surface area contributed by atoms with Crippen molar-refractivity contribution in [2.45, 2.75) is 83.8 Å². The summed E-state index contributed by atoms with van der Waals surface area (Å²) in [4.78, 5) is 22.9. The summed E-state index contributed by atoms with van der Waals surface area (Å²) < 4.78 is 9.89. The van der Waals surface area contributed by atoms with Gasteiger partial charge in [-0.3, -0.25) is 9.59 Å². The van der Waals surface area contributed by atoms with Crippen molar-refractivity contribution in [1.82, 2.24) is 0 Å². The van der Waals surface area contributed by atoms with E-state index in [2.05, 4.69) is 0 Å². The summed E-state index contributed by atoms with van der Waals surface area (Å²) in [6, 6.07) is 0. The van der Waals surface area contributed by atoms with E-state index in [1.54, 1.807) is 0 Å². The summed E-state index contributed by atoms with van der Waals surface area (Å²) in [6.45, 7) is 4.07. The molecule has 136 valence electrons. The number of carbonyl (C=O) groups excluding carboxylic acids is 2. The van der Waals surface area contributed by atoms with Gasteiger partial charge in [-0.05, 0) is 19.3 Å². The number of hydrogen-bond acceptors (Lipinski definition) is 6. The molecule has 0 amide bonds. The molecule has 0 heterocycles. The van der Waals surface area contributed by atoms with Crippen LogP contribution in [0.1, 0.15) is 71.6 Å². The molecule has 2 N–H and O–H groups in total. The zero-order chi connectivity index (χ0) is 17.5. The Bertz CT molecular complexity index is 288. The molecular formula is C17H32O6. The number of unbranched alkanes of at least 4 members (excludes halogenated alkanes) is 2. The van der Waals surface area contributed by atoms with E-state index in [9.17, 15) is 19.8 Å². The fourth-order valence-corrected chi connectivity index (χ4v) is 1.95. The van der Waals surface area contributed by atoms with Crippen molar-refractivity contribution in [3.05, 3.63) is 0 Å². The summed E-state index contributed by atoms with van der Waals surface area (Å²) in [6.07, 6.45) is 4.36. The van der Waals surface area contributed by atoms with Gasteiger partial charge in [0, 0.05) is 12.8 Å². The van der Waals surface area contributed by atoms with E-state index in [1.807, 2.05) is 13.8 Å². The van der Waals surface area contributed by atoms with Gasteiger partial charge in [-0.2, -0.15) is 0 Å². The van der Waals surface area contributed by atoms with E-state index in [-0.39, 0.29) is 26.1 Å². The zero-order valence-electron chi connectivity index (χ0n) is 14.5. The van der Waals surface area contributed by atoms with Gasteiger partial charge >= 0.3 is 11.9 Å². The third kappa shape index (κ3) is 14.2. The average molecular weight is 332 g/mol. The lowest BCUT2D eigenvalue weighted by Crippen LogP contribution is -2.19. The molecule has 0 aromatic heterocycles. The van der Waals surface area contributed by atoms with Gasteiger partial charge in [0.15, 0.2) is 0 Å². The Morgan fingerprint density at radius 1 is 0.783 bits per heavy atom. The van der Waals surface area contributed by atoms with Gasteiger partial charge in [-0.15, -0.1) is 0 Å². The molecule has 0 saturated carbocycles. The van der Waals surface area contributed by atoms with Crippen LogP contribution in [0.5, 0.6) is 0 Å².